The zero-order chi connectivity index (χ0) is 13.5. The Labute approximate surface area is 114 Å². The highest BCUT2D eigenvalue weighted by Crippen LogP contribution is 2.28. The topological polar surface area (TPSA) is 41.5 Å². The summed E-state index contributed by atoms with van der Waals surface area (Å²) in [5, 5.41) is 12.5. The van der Waals surface area contributed by atoms with Crippen molar-refractivity contribution in [2.24, 2.45) is 5.92 Å². The van der Waals surface area contributed by atoms with Gasteiger partial charge in [-0.05, 0) is 36.8 Å². The summed E-state index contributed by atoms with van der Waals surface area (Å²) < 4.78 is 5.30. The van der Waals surface area contributed by atoms with E-state index < -0.39 is 0 Å². The normalized spacial score (nSPS) is 14.3. The lowest BCUT2D eigenvalue weighted by Gasteiger charge is -2.19. The fourth-order valence-corrected chi connectivity index (χ4v) is 2.25. The van der Waals surface area contributed by atoms with Crippen molar-refractivity contribution < 1.29 is 9.84 Å². The van der Waals surface area contributed by atoms with Gasteiger partial charge in [0, 0.05) is 24.1 Å². The molecule has 1 rings (SSSR count). The molecule has 0 aromatic heterocycles. The Morgan fingerprint density at radius 1 is 1.39 bits per heavy atom. The van der Waals surface area contributed by atoms with Crippen LogP contribution < -0.4 is 10.1 Å². The number of aliphatic hydroxyl groups excluding tert-OH is 1. The van der Waals surface area contributed by atoms with E-state index in [9.17, 15) is 0 Å². The van der Waals surface area contributed by atoms with Gasteiger partial charge in [0.15, 0.2) is 0 Å². The van der Waals surface area contributed by atoms with Crippen molar-refractivity contribution >= 4 is 11.8 Å². The lowest BCUT2D eigenvalue weighted by molar-refractivity contribution is 0.207. The second kappa shape index (κ2) is 7.67. The molecule has 0 saturated carbocycles. The fraction of sp³-hybridized carbons (Fsp3) is 0.571. The standard InChI is InChI=1S/C14H23NO2S/c1-10(9-16)11(2)15-8-12-5-6-13(17-3)14(7-12)18-4/h5-7,10-11,15-16H,8-9H2,1-4H3. The second-order valence-corrected chi connectivity index (χ2v) is 5.37. The number of rotatable bonds is 7. The van der Waals surface area contributed by atoms with Crippen molar-refractivity contribution in [3.63, 3.8) is 0 Å². The molecule has 0 amide bonds. The SMILES string of the molecule is COc1ccc(CNC(C)C(C)CO)cc1SC. The third-order valence-corrected chi connectivity index (χ3v) is 3.98. The molecule has 4 heteroatoms. The molecular formula is C14H23NO2S. The minimum absolute atomic E-state index is 0.215. The van der Waals surface area contributed by atoms with Crippen LogP contribution in [-0.4, -0.2) is 31.1 Å². The van der Waals surface area contributed by atoms with Crippen molar-refractivity contribution in [2.45, 2.75) is 31.3 Å². The van der Waals surface area contributed by atoms with Gasteiger partial charge in [-0.15, -0.1) is 11.8 Å². The van der Waals surface area contributed by atoms with E-state index >= 15 is 0 Å². The number of ether oxygens (including phenoxy) is 1. The highest BCUT2D eigenvalue weighted by Gasteiger charge is 2.10. The quantitative estimate of drug-likeness (QED) is 0.746. The van der Waals surface area contributed by atoms with Crippen molar-refractivity contribution in [2.75, 3.05) is 20.0 Å². The maximum absolute atomic E-state index is 9.09. The van der Waals surface area contributed by atoms with Gasteiger partial charge in [0.05, 0.1) is 7.11 Å². The number of thioether (sulfide) groups is 1. The third kappa shape index (κ3) is 4.19. The van der Waals surface area contributed by atoms with Crippen LogP contribution in [0.3, 0.4) is 0 Å². The van der Waals surface area contributed by atoms with Gasteiger partial charge in [-0.1, -0.05) is 13.0 Å². The van der Waals surface area contributed by atoms with E-state index in [0.717, 1.165) is 17.2 Å². The molecule has 0 radical (unpaired) electrons. The second-order valence-electron chi connectivity index (χ2n) is 4.52. The molecule has 0 bridgehead atoms. The molecule has 102 valence electrons. The lowest BCUT2D eigenvalue weighted by atomic mass is 10.0. The summed E-state index contributed by atoms with van der Waals surface area (Å²) in [6.45, 7) is 5.16. The van der Waals surface area contributed by atoms with Crippen molar-refractivity contribution in [1.82, 2.24) is 5.32 Å². The number of aliphatic hydroxyl groups is 1. The molecule has 0 aliphatic rings. The summed E-state index contributed by atoms with van der Waals surface area (Å²) in [4.78, 5) is 1.15. The van der Waals surface area contributed by atoms with Crippen molar-refractivity contribution in [1.29, 1.82) is 0 Å². The molecule has 0 saturated heterocycles. The van der Waals surface area contributed by atoms with E-state index in [1.54, 1.807) is 18.9 Å². The molecule has 18 heavy (non-hydrogen) atoms. The van der Waals surface area contributed by atoms with Crippen LogP contribution in [0.5, 0.6) is 5.75 Å². The average Bonchev–Trinajstić information content (AvgIpc) is 2.43. The molecule has 0 aliphatic carbocycles. The van der Waals surface area contributed by atoms with E-state index in [1.165, 1.54) is 5.56 Å². The van der Waals surface area contributed by atoms with E-state index in [1.807, 2.05) is 19.2 Å². The third-order valence-electron chi connectivity index (χ3n) is 3.22. The number of methoxy groups -OCH3 is 1. The fourth-order valence-electron chi connectivity index (χ4n) is 1.63. The van der Waals surface area contributed by atoms with Gasteiger partial charge in [-0.25, -0.2) is 0 Å². The largest absolute Gasteiger partial charge is 0.496 e. The minimum Gasteiger partial charge on any atom is -0.496 e. The Morgan fingerprint density at radius 2 is 2.11 bits per heavy atom. The predicted molar refractivity (Wildman–Crippen MR) is 77.3 cm³/mol. The zero-order valence-corrected chi connectivity index (χ0v) is 12.4. The summed E-state index contributed by atoms with van der Waals surface area (Å²) in [5.41, 5.74) is 1.23. The number of hydrogen-bond acceptors (Lipinski definition) is 4. The summed E-state index contributed by atoms with van der Waals surface area (Å²) >= 11 is 1.69. The molecule has 3 nitrogen and oxygen atoms in total. The maximum Gasteiger partial charge on any atom is 0.132 e. The molecular weight excluding hydrogens is 246 g/mol. The molecule has 1 aromatic rings. The Kier molecular flexibility index (Phi) is 6.54. The van der Waals surface area contributed by atoms with E-state index in [0.29, 0.717) is 6.04 Å². The first-order chi connectivity index (χ1) is 8.62. The van der Waals surface area contributed by atoms with Gasteiger partial charge in [0.25, 0.3) is 0 Å². The molecule has 0 spiro atoms. The molecule has 0 fully saturated rings. The molecule has 2 N–H and O–H groups in total. The van der Waals surface area contributed by atoms with Crippen LogP contribution in [0.2, 0.25) is 0 Å². The van der Waals surface area contributed by atoms with Crippen LogP contribution in [0.15, 0.2) is 23.1 Å². The summed E-state index contributed by atoms with van der Waals surface area (Å²) in [7, 11) is 1.69. The van der Waals surface area contributed by atoms with E-state index in [2.05, 4.69) is 24.4 Å². The zero-order valence-electron chi connectivity index (χ0n) is 11.6. The monoisotopic (exact) mass is 269 g/mol. The predicted octanol–water partition coefficient (Wildman–Crippen LogP) is 2.52. The Morgan fingerprint density at radius 3 is 2.67 bits per heavy atom. The highest BCUT2D eigenvalue weighted by atomic mass is 32.2. The van der Waals surface area contributed by atoms with Crippen LogP contribution in [0.1, 0.15) is 19.4 Å². The Balaban J connectivity index is 2.63. The first-order valence-electron chi connectivity index (χ1n) is 6.17. The molecule has 2 atom stereocenters. The number of benzene rings is 1. The van der Waals surface area contributed by atoms with Gasteiger partial charge in [0.2, 0.25) is 0 Å². The van der Waals surface area contributed by atoms with Gasteiger partial charge in [-0.2, -0.15) is 0 Å². The van der Waals surface area contributed by atoms with Gasteiger partial charge in [0.1, 0.15) is 5.75 Å². The van der Waals surface area contributed by atoms with Crippen LogP contribution in [0, 0.1) is 5.92 Å². The molecule has 0 aliphatic heterocycles. The highest BCUT2D eigenvalue weighted by molar-refractivity contribution is 7.98. The van der Waals surface area contributed by atoms with E-state index in [-0.39, 0.29) is 12.5 Å². The van der Waals surface area contributed by atoms with Gasteiger partial charge < -0.3 is 15.2 Å². The van der Waals surface area contributed by atoms with Gasteiger partial charge in [-0.3, -0.25) is 0 Å². The average molecular weight is 269 g/mol. The molecule has 1 aromatic carbocycles. The number of nitrogens with one attached hydrogen (secondary N) is 1. The van der Waals surface area contributed by atoms with Crippen LogP contribution in [0.25, 0.3) is 0 Å². The van der Waals surface area contributed by atoms with Crippen molar-refractivity contribution in [3.05, 3.63) is 23.8 Å². The van der Waals surface area contributed by atoms with Crippen LogP contribution in [0.4, 0.5) is 0 Å². The molecule has 2 unspecified atom stereocenters. The maximum atomic E-state index is 9.09. The number of hydrogen-bond donors (Lipinski definition) is 2. The van der Waals surface area contributed by atoms with Crippen molar-refractivity contribution in [3.8, 4) is 5.75 Å². The summed E-state index contributed by atoms with van der Waals surface area (Å²) in [5.74, 6) is 1.19. The summed E-state index contributed by atoms with van der Waals surface area (Å²) in [6, 6.07) is 6.52. The minimum atomic E-state index is 0.215. The lowest BCUT2D eigenvalue weighted by Crippen LogP contribution is -2.33. The first kappa shape index (κ1) is 15.3. The molecule has 0 heterocycles. The van der Waals surface area contributed by atoms with Crippen LogP contribution >= 0.6 is 11.8 Å². The Hall–Kier alpha value is -0.710. The van der Waals surface area contributed by atoms with E-state index in [4.69, 9.17) is 9.84 Å². The van der Waals surface area contributed by atoms with Gasteiger partial charge >= 0.3 is 0 Å². The smallest absolute Gasteiger partial charge is 0.132 e. The Bertz CT molecular complexity index is 371. The van der Waals surface area contributed by atoms with Crippen LogP contribution in [-0.2, 0) is 6.54 Å². The summed E-state index contributed by atoms with van der Waals surface area (Å²) in [6.07, 6.45) is 2.05. The first-order valence-corrected chi connectivity index (χ1v) is 7.40.